The van der Waals surface area contributed by atoms with Crippen molar-refractivity contribution in [2.24, 2.45) is 0 Å². The van der Waals surface area contributed by atoms with E-state index in [1.165, 1.54) is 24.3 Å². The molecular formula is C14H11BrClFO3S. The number of hydrogen-bond donors (Lipinski definition) is 0. The second-order valence-corrected chi connectivity index (χ2v) is 7.84. The Hall–Kier alpha value is -1.11. The molecular weight excluding hydrogens is 383 g/mol. The van der Waals surface area contributed by atoms with E-state index in [1.807, 2.05) is 0 Å². The molecule has 112 valence electrons. The molecule has 0 saturated carbocycles. The van der Waals surface area contributed by atoms with Crippen LogP contribution in [0.25, 0.3) is 0 Å². The fourth-order valence-electron chi connectivity index (χ4n) is 1.77. The predicted molar refractivity (Wildman–Crippen MR) is 82.6 cm³/mol. The van der Waals surface area contributed by atoms with Crippen LogP contribution in [0.1, 0.15) is 11.1 Å². The lowest BCUT2D eigenvalue weighted by atomic mass is 10.1. The highest BCUT2D eigenvalue weighted by molar-refractivity contribution is 9.10. The second-order valence-electron chi connectivity index (χ2n) is 4.39. The van der Waals surface area contributed by atoms with Gasteiger partial charge in [0.15, 0.2) is 0 Å². The molecule has 0 aliphatic carbocycles. The van der Waals surface area contributed by atoms with Gasteiger partial charge in [0, 0.05) is 15.2 Å². The SMILES string of the molecule is Cc1cc(F)ccc1COc1ccc(Br)cc1S(=O)(=O)Cl. The summed E-state index contributed by atoms with van der Waals surface area (Å²) in [6.45, 7) is 1.87. The summed E-state index contributed by atoms with van der Waals surface area (Å²) >= 11 is 3.18. The van der Waals surface area contributed by atoms with Gasteiger partial charge in [-0.2, -0.15) is 0 Å². The summed E-state index contributed by atoms with van der Waals surface area (Å²) in [5.74, 6) is -0.180. The zero-order chi connectivity index (χ0) is 15.6. The molecule has 0 atom stereocenters. The van der Waals surface area contributed by atoms with Crippen LogP contribution in [-0.2, 0) is 15.7 Å². The van der Waals surface area contributed by atoms with Crippen LogP contribution in [0.2, 0.25) is 0 Å². The standard InChI is InChI=1S/C14H11BrClFO3S/c1-9-6-12(17)4-2-10(9)8-20-13-5-3-11(15)7-14(13)21(16,18)19/h2-7H,8H2,1H3. The molecule has 2 aromatic rings. The third kappa shape index (κ3) is 4.18. The molecule has 2 aromatic carbocycles. The second kappa shape index (κ2) is 6.34. The number of halogens is 3. The molecule has 0 spiro atoms. The average Bonchev–Trinajstić information content (AvgIpc) is 2.38. The first-order valence-electron chi connectivity index (χ1n) is 5.89. The zero-order valence-corrected chi connectivity index (χ0v) is 14.1. The molecule has 0 radical (unpaired) electrons. The molecule has 0 saturated heterocycles. The first-order chi connectivity index (χ1) is 9.77. The molecule has 0 unspecified atom stereocenters. The van der Waals surface area contributed by atoms with E-state index in [4.69, 9.17) is 15.4 Å². The summed E-state index contributed by atoms with van der Waals surface area (Å²) < 4.78 is 42.2. The smallest absolute Gasteiger partial charge is 0.265 e. The molecule has 0 fully saturated rings. The van der Waals surface area contributed by atoms with Crippen LogP contribution in [0.5, 0.6) is 5.75 Å². The minimum absolute atomic E-state index is 0.113. The van der Waals surface area contributed by atoms with Gasteiger partial charge >= 0.3 is 0 Å². The summed E-state index contributed by atoms with van der Waals surface area (Å²) in [4.78, 5) is -0.113. The number of aryl methyl sites for hydroxylation is 1. The molecule has 21 heavy (non-hydrogen) atoms. The largest absolute Gasteiger partial charge is 0.487 e. The van der Waals surface area contributed by atoms with E-state index in [2.05, 4.69) is 15.9 Å². The molecule has 0 amide bonds. The normalized spacial score (nSPS) is 11.4. The third-order valence-electron chi connectivity index (χ3n) is 2.86. The lowest BCUT2D eigenvalue weighted by molar-refractivity contribution is 0.297. The summed E-state index contributed by atoms with van der Waals surface area (Å²) in [6, 6.07) is 8.84. The van der Waals surface area contributed by atoms with E-state index in [-0.39, 0.29) is 23.1 Å². The van der Waals surface area contributed by atoms with Crippen molar-refractivity contribution in [3.63, 3.8) is 0 Å². The minimum atomic E-state index is -3.92. The van der Waals surface area contributed by atoms with Crippen LogP contribution in [0, 0.1) is 12.7 Å². The summed E-state index contributed by atoms with van der Waals surface area (Å²) in [6.07, 6.45) is 0. The van der Waals surface area contributed by atoms with Crippen molar-refractivity contribution in [2.45, 2.75) is 18.4 Å². The van der Waals surface area contributed by atoms with Crippen molar-refractivity contribution < 1.29 is 17.5 Å². The predicted octanol–water partition coefficient (Wildman–Crippen LogP) is 4.40. The zero-order valence-electron chi connectivity index (χ0n) is 10.9. The van der Waals surface area contributed by atoms with Crippen LogP contribution in [-0.4, -0.2) is 8.42 Å². The number of rotatable bonds is 4. The van der Waals surface area contributed by atoms with Crippen molar-refractivity contribution >= 4 is 35.7 Å². The van der Waals surface area contributed by atoms with Crippen LogP contribution in [0.15, 0.2) is 45.8 Å². The molecule has 0 aromatic heterocycles. The van der Waals surface area contributed by atoms with Crippen LogP contribution in [0.4, 0.5) is 4.39 Å². The van der Waals surface area contributed by atoms with Gasteiger partial charge in [0.25, 0.3) is 9.05 Å². The monoisotopic (exact) mass is 392 g/mol. The maximum Gasteiger partial charge on any atom is 0.265 e. The average molecular weight is 394 g/mol. The molecule has 7 heteroatoms. The topological polar surface area (TPSA) is 43.4 Å². The molecule has 0 aliphatic heterocycles. The Kier molecular flexibility index (Phi) is 4.91. The fourth-order valence-corrected chi connectivity index (χ4v) is 3.28. The van der Waals surface area contributed by atoms with Crippen LogP contribution >= 0.6 is 26.6 Å². The molecule has 0 aliphatic rings. The summed E-state index contributed by atoms with van der Waals surface area (Å²) in [5, 5.41) is 0. The number of hydrogen-bond acceptors (Lipinski definition) is 3. The maximum absolute atomic E-state index is 13.0. The van der Waals surface area contributed by atoms with Gasteiger partial charge in [-0.1, -0.05) is 22.0 Å². The first-order valence-corrected chi connectivity index (χ1v) is 8.99. The number of benzene rings is 2. The van der Waals surface area contributed by atoms with Crippen molar-refractivity contribution in [3.05, 3.63) is 57.8 Å². The van der Waals surface area contributed by atoms with Gasteiger partial charge < -0.3 is 4.74 Å². The van der Waals surface area contributed by atoms with Crippen molar-refractivity contribution in [2.75, 3.05) is 0 Å². The number of ether oxygens (including phenoxy) is 1. The van der Waals surface area contributed by atoms with E-state index in [0.717, 1.165) is 11.1 Å². The molecule has 0 heterocycles. The van der Waals surface area contributed by atoms with E-state index in [9.17, 15) is 12.8 Å². The third-order valence-corrected chi connectivity index (χ3v) is 4.69. The van der Waals surface area contributed by atoms with Gasteiger partial charge in [-0.05, 0) is 48.4 Å². The molecule has 2 rings (SSSR count). The van der Waals surface area contributed by atoms with Gasteiger partial charge in [-0.3, -0.25) is 0 Å². The molecule has 0 N–H and O–H groups in total. The van der Waals surface area contributed by atoms with E-state index < -0.39 is 9.05 Å². The summed E-state index contributed by atoms with van der Waals surface area (Å²) in [7, 11) is 1.47. The highest BCUT2D eigenvalue weighted by Crippen LogP contribution is 2.30. The van der Waals surface area contributed by atoms with Gasteiger partial charge in [0.05, 0.1) is 0 Å². The maximum atomic E-state index is 13.0. The lowest BCUT2D eigenvalue weighted by Crippen LogP contribution is -2.02. The van der Waals surface area contributed by atoms with E-state index >= 15 is 0 Å². The fraction of sp³-hybridized carbons (Fsp3) is 0.143. The quantitative estimate of drug-likeness (QED) is 0.723. The molecule has 0 bridgehead atoms. The Labute approximate surface area is 135 Å². The Morgan fingerprint density at radius 2 is 1.95 bits per heavy atom. The van der Waals surface area contributed by atoms with Gasteiger partial charge in [0.1, 0.15) is 23.1 Å². The van der Waals surface area contributed by atoms with Crippen molar-refractivity contribution in [1.29, 1.82) is 0 Å². The minimum Gasteiger partial charge on any atom is -0.487 e. The molecule has 3 nitrogen and oxygen atoms in total. The highest BCUT2D eigenvalue weighted by atomic mass is 79.9. The lowest BCUT2D eigenvalue weighted by Gasteiger charge is -2.11. The van der Waals surface area contributed by atoms with Gasteiger partial charge in [0.2, 0.25) is 0 Å². The first kappa shape index (κ1) is 16.3. The van der Waals surface area contributed by atoms with Crippen LogP contribution < -0.4 is 4.74 Å². The Balaban J connectivity index is 2.28. The highest BCUT2D eigenvalue weighted by Gasteiger charge is 2.17. The van der Waals surface area contributed by atoms with Gasteiger partial charge in [-0.25, -0.2) is 12.8 Å². The Morgan fingerprint density at radius 1 is 1.24 bits per heavy atom. The van der Waals surface area contributed by atoms with Gasteiger partial charge in [-0.15, -0.1) is 0 Å². The van der Waals surface area contributed by atoms with Crippen molar-refractivity contribution in [1.82, 2.24) is 0 Å². The van der Waals surface area contributed by atoms with Crippen LogP contribution in [0.3, 0.4) is 0 Å². The Morgan fingerprint density at radius 3 is 2.57 bits per heavy atom. The Bertz CT molecular complexity index is 778. The summed E-state index contributed by atoms with van der Waals surface area (Å²) in [5.41, 5.74) is 1.49. The van der Waals surface area contributed by atoms with E-state index in [0.29, 0.717) is 4.47 Å². The van der Waals surface area contributed by atoms with E-state index in [1.54, 1.807) is 19.1 Å². The van der Waals surface area contributed by atoms with Crippen molar-refractivity contribution in [3.8, 4) is 5.75 Å².